The first kappa shape index (κ1) is 23.9. The standard InChI is InChI=1S/C23H31NO5S/c1-7-28-21(25)23(22(26)29-8-2)14-13-18(16(3)15-23)17(4)30(27)20-12-10-9-11-19(20)24(5)6/h9-12,18H,3-4,7-8,13-15H2,1-2,5-6H3/t18-,30?/m0/s1. The first-order valence-corrected chi connectivity index (χ1v) is 11.2. The molecule has 1 unspecified atom stereocenters. The highest BCUT2D eigenvalue weighted by molar-refractivity contribution is 7.89. The molecule has 0 bridgehead atoms. The van der Waals surface area contributed by atoms with Crippen LogP contribution in [0.15, 0.2) is 52.8 Å². The highest BCUT2D eigenvalue weighted by Gasteiger charge is 2.52. The van der Waals surface area contributed by atoms with Gasteiger partial charge in [-0.15, -0.1) is 0 Å². The van der Waals surface area contributed by atoms with Crippen LogP contribution in [0.4, 0.5) is 5.69 Å². The van der Waals surface area contributed by atoms with Gasteiger partial charge in [-0.3, -0.25) is 9.59 Å². The number of para-hydroxylation sites is 1. The molecule has 7 heteroatoms. The smallest absolute Gasteiger partial charge is 0.323 e. The number of esters is 2. The van der Waals surface area contributed by atoms with E-state index in [9.17, 15) is 13.8 Å². The molecule has 1 fully saturated rings. The average molecular weight is 434 g/mol. The molecule has 1 aromatic rings. The van der Waals surface area contributed by atoms with E-state index in [2.05, 4.69) is 13.2 Å². The second-order valence-electron chi connectivity index (χ2n) is 7.55. The van der Waals surface area contributed by atoms with E-state index in [0.29, 0.717) is 21.8 Å². The van der Waals surface area contributed by atoms with Gasteiger partial charge in [0.15, 0.2) is 5.41 Å². The van der Waals surface area contributed by atoms with Gasteiger partial charge in [0.05, 0.1) is 34.6 Å². The molecule has 0 radical (unpaired) electrons. The van der Waals surface area contributed by atoms with E-state index in [4.69, 9.17) is 9.47 Å². The molecule has 1 aromatic carbocycles. The summed E-state index contributed by atoms with van der Waals surface area (Å²) in [7, 11) is 2.33. The molecule has 0 aliphatic heterocycles. The van der Waals surface area contributed by atoms with Gasteiger partial charge in [0.25, 0.3) is 0 Å². The van der Waals surface area contributed by atoms with Crippen molar-refractivity contribution in [1.29, 1.82) is 0 Å². The minimum atomic E-state index is -1.46. The molecule has 1 aliphatic rings. The molecular weight excluding hydrogens is 402 g/mol. The average Bonchev–Trinajstić information content (AvgIpc) is 2.72. The van der Waals surface area contributed by atoms with Gasteiger partial charge in [-0.1, -0.05) is 30.9 Å². The van der Waals surface area contributed by atoms with Crippen LogP contribution in [-0.2, 0) is 29.9 Å². The van der Waals surface area contributed by atoms with Crippen molar-refractivity contribution in [3.8, 4) is 0 Å². The number of hydrogen-bond donors (Lipinski definition) is 0. The van der Waals surface area contributed by atoms with Crippen LogP contribution in [0.1, 0.15) is 33.1 Å². The maximum Gasteiger partial charge on any atom is 0.323 e. The van der Waals surface area contributed by atoms with Crippen molar-refractivity contribution in [2.75, 3.05) is 32.2 Å². The quantitative estimate of drug-likeness (QED) is 0.352. The SMILES string of the molecule is C=C1CC(C(=O)OCC)(C(=O)OCC)CC[C@@H]1C(=C)S(=O)c1ccccc1N(C)C. The van der Waals surface area contributed by atoms with Crippen molar-refractivity contribution in [2.24, 2.45) is 11.3 Å². The normalized spacial score (nSPS) is 18.9. The van der Waals surface area contributed by atoms with Crippen LogP contribution >= 0.6 is 0 Å². The molecule has 0 amide bonds. The number of rotatable bonds is 8. The number of benzene rings is 1. The number of hydrogen-bond acceptors (Lipinski definition) is 6. The number of nitrogens with zero attached hydrogens (tertiary/aromatic N) is 1. The number of carbonyl (C=O) groups excluding carboxylic acids is 2. The van der Waals surface area contributed by atoms with Crippen LogP contribution in [0.2, 0.25) is 0 Å². The lowest BCUT2D eigenvalue weighted by atomic mass is 9.68. The summed E-state index contributed by atoms with van der Waals surface area (Å²) < 4.78 is 23.7. The lowest BCUT2D eigenvalue weighted by Crippen LogP contribution is -2.45. The second-order valence-corrected chi connectivity index (χ2v) is 9.05. The van der Waals surface area contributed by atoms with Gasteiger partial charge >= 0.3 is 11.9 Å². The lowest BCUT2D eigenvalue weighted by molar-refractivity contribution is -0.173. The third-order valence-corrected chi connectivity index (χ3v) is 6.89. The predicted molar refractivity (Wildman–Crippen MR) is 118 cm³/mol. The third kappa shape index (κ3) is 4.67. The van der Waals surface area contributed by atoms with E-state index in [1.54, 1.807) is 13.8 Å². The molecule has 1 saturated carbocycles. The zero-order valence-corrected chi connectivity index (χ0v) is 19.0. The zero-order chi connectivity index (χ0) is 22.5. The summed E-state index contributed by atoms with van der Waals surface area (Å²) in [4.78, 5) is 28.5. The first-order valence-electron chi connectivity index (χ1n) is 10.1. The van der Waals surface area contributed by atoms with Crippen LogP contribution in [0, 0.1) is 11.3 Å². The minimum absolute atomic E-state index is 0.0981. The molecule has 0 heterocycles. The van der Waals surface area contributed by atoms with Crippen LogP contribution in [0.5, 0.6) is 0 Å². The number of allylic oxidation sites excluding steroid dienone is 2. The highest BCUT2D eigenvalue weighted by atomic mass is 32.2. The Morgan fingerprint density at radius 2 is 1.73 bits per heavy atom. The van der Waals surface area contributed by atoms with Gasteiger partial charge in [-0.2, -0.15) is 0 Å². The number of ether oxygens (including phenoxy) is 2. The molecule has 0 aromatic heterocycles. The lowest BCUT2D eigenvalue weighted by Gasteiger charge is -2.38. The maximum absolute atomic E-state index is 13.3. The van der Waals surface area contributed by atoms with Gasteiger partial charge in [-0.25, -0.2) is 4.21 Å². The summed E-state index contributed by atoms with van der Waals surface area (Å²) >= 11 is 0. The Balaban J connectivity index is 2.28. The van der Waals surface area contributed by atoms with Crippen molar-refractivity contribution in [3.05, 3.63) is 47.9 Å². The highest BCUT2D eigenvalue weighted by Crippen LogP contribution is 2.47. The second kappa shape index (κ2) is 10.1. The largest absolute Gasteiger partial charge is 0.465 e. The summed E-state index contributed by atoms with van der Waals surface area (Å²) in [5, 5.41) is 0. The Hall–Kier alpha value is -2.41. The number of carbonyl (C=O) groups is 2. The van der Waals surface area contributed by atoms with Crippen LogP contribution in [0.25, 0.3) is 0 Å². The van der Waals surface area contributed by atoms with E-state index in [1.165, 1.54) is 0 Å². The molecule has 164 valence electrons. The molecule has 0 N–H and O–H groups in total. The molecule has 2 rings (SSSR count). The van der Waals surface area contributed by atoms with Crippen LogP contribution in [-0.4, -0.2) is 43.5 Å². The van der Waals surface area contributed by atoms with Gasteiger partial charge in [0.1, 0.15) is 0 Å². The van der Waals surface area contributed by atoms with E-state index in [-0.39, 0.29) is 32.0 Å². The Kier molecular flexibility index (Phi) is 8.01. The number of anilines is 1. The summed E-state index contributed by atoms with van der Waals surface area (Å²) in [6.07, 6.45) is 0.756. The van der Waals surface area contributed by atoms with E-state index in [1.807, 2.05) is 43.3 Å². The molecule has 0 saturated heterocycles. The van der Waals surface area contributed by atoms with E-state index >= 15 is 0 Å². The first-order chi connectivity index (χ1) is 14.2. The van der Waals surface area contributed by atoms with Gasteiger partial charge in [0.2, 0.25) is 0 Å². The molecule has 2 atom stereocenters. The molecule has 0 spiro atoms. The van der Waals surface area contributed by atoms with Crippen molar-refractivity contribution in [3.63, 3.8) is 0 Å². The molecule has 30 heavy (non-hydrogen) atoms. The van der Waals surface area contributed by atoms with Crippen LogP contribution < -0.4 is 4.90 Å². The van der Waals surface area contributed by atoms with Crippen molar-refractivity contribution in [1.82, 2.24) is 0 Å². The molecule has 6 nitrogen and oxygen atoms in total. The van der Waals surface area contributed by atoms with Crippen molar-refractivity contribution < 1.29 is 23.3 Å². The zero-order valence-electron chi connectivity index (χ0n) is 18.2. The Labute approximate surface area is 181 Å². The summed E-state index contributed by atoms with van der Waals surface area (Å²) in [5.74, 6) is -1.45. The fraction of sp³-hybridized carbons (Fsp3) is 0.478. The maximum atomic E-state index is 13.3. The summed E-state index contributed by atoms with van der Waals surface area (Å²) in [5.41, 5.74) is 0.0944. The Bertz CT molecular complexity index is 843. The van der Waals surface area contributed by atoms with Crippen LogP contribution in [0.3, 0.4) is 0 Å². The minimum Gasteiger partial charge on any atom is -0.465 e. The van der Waals surface area contributed by atoms with E-state index < -0.39 is 28.2 Å². The van der Waals surface area contributed by atoms with Gasteiger partial charge in [-0.05, 0) is 45.2 Å². The Morgan fingerprint density at radius 1 is 1.17 bits per heavy atom. The monoisotopic (exact) mass is 433 g/mol. The topological polar surface area (TPSA) is 72.9 Å². The van der Waals surface area contributed by atoms with Gasteiger partial charge < -0.3 is 14.4 Å². The fourth-order valence-electron chi connectivity index (χ4n) is 3.81. The van der Waals surface area contributed by atoms with E-state index in [0.717, 1.165) is 5.69 Å². The fourth-order valence-corrected chi connectivity index (χ4v) is 5.27. The van der Waals surface area contributed by atoms with Crippen molar-refractivity contribution in [2.45, 2.75) is 38.0 Å². The van der Waals surface area contributed by atoms with Gasteiger partial charge in [0, 0.05) is 24.9 Å². The summed E-state index contributed by atoms with van der Waals surface area (Å²) in [6.45, 7) is 12.0. The molecular formula is C23H31NO5S. The Morgan fingerprint density at radius 3 is 2.23 bits per heavy atom. The molecule has 1 aliphatic carbocycles. The third-order valence-electron chi connectivity index (χ3n) is 5.39. The summed E-state index contributed by atoms with van der Waals surface area (Å²) in [6, 6.07) is 7.47. The predicted octanol–water partition coefficient (Wildman–Crippen LogP) is 3.84. The van der Waals surface area contributed by atoms with Crippen molar-refractivity contribution >= 4 is 28.4 Å².